The third-order valence-electron chi connectivity index (χ3n) is 4.40. The van der Waals surface area contributed by atoms with Gasteiger partial charge in [-0.25, -0.2) is 0 Å². The van der Waals surface area contributed by atoms with E-state index in [4.69, 9.17) is 22.1 Å². The van der Waals surface area contributed by atoms with Crippen LogP contribution in [0.4, 0.5) is 0 Å². The lowest BCUT2D eigenvalue weighted by Crippen LogP contribution is -2.21. The van der Waals surface area contributed by atoms with Crippen molar-refractivity contribution in [1.29, 1.82) is 5.26 Å². The molecule has 5 heteroatoms. The minimum absolute atomic E-state index is 0.000492. The van der Waals surface area contributed by atoms with Crippen LogP contribution in [0.25, 0.3) is 10.8 Å². The number of phenols is 1. The molecule has 25 heavy (non-hydrogen) atoms. The quantitative estimate of drug-likeness (QED) is 0.682. The van der Waals surface area contributed by atoms with Crippen molar-refractivity contribution in [3.63, 3.8) is 0 Å². The van der Waals surface area contributed by atoms with Crippen molar-refractivity contribution in [2.45, 2.75) is 5.92 Å². The number of halogens is 1. The lowest BCUT2D eigenvalue weighted by Gasteiger charge is -2.28. The van der Waals surface area contributed by atoms with Crippen LogP contribution in [0.1, 0.15) is 17.0 Å². The van der Waals surface area contributed by atoms with Crippen LogP contribution in [0, 0.1) is 11.3 Å². The molecule has 0 aromatic heterocycles. The predicted molar refractivity (Wildman–Crippen MR) is 96.4 cm³/mol. The number of aromatic hydroxyl groups is 1. The number of fused-ring (bicyclic) bond motifs is 3. The highest BCUT2D eigenvalue weighted by molar-refractivity contribution is 6.30. The standard InChI is InChI=1S/C20H13ClN2O2/c21-13-7-5-11(6-8-13)17-15(10-22)20(23)25-19-16(24)9-12-3-1-2-4-14(12)18(17)19/h1-9,17,24H,23H2/t17-/m1/s1. The summed E-state index contributed by atoms with van der Waals surface area (Å²) >= 11 is 6.00. The number of allylic oxidation sites excluding steroid dienone is 1. The van der Waals surface area contributed by atoms with Crippen LogP contribution in [-0.2, 0) is 0 Å². The van der Waals surface area contributed by atoms with Gasteiger partial charge in [-0.2, -0.15) is 5.26 Å². The maximum absolute atomic E-state index is 10.4. The molecule has 0 radical (unpaired) electrons. The largest absolute Gasteiger partial charge is 0.504 e. The highest BCUT2D eigenvalue weighted by Crippen LogP contribution is 2.49. The van der Waals surface area contributed by atoms with E-state index in [1.807, 2.05) is 36.4 Å². The van der Waals surface area contributed by atoms with Crippen LogP contribution in [0.2, 0.25) is 5.02 Å². The molecule has 0 spiro atoms. The molecule has 0 unspecified atom stereocenters. The van der Waals surface area contributed by atoms with E-state index in [1.54, 1.807) is 18.2 Å². The van der Waals surface area contributed by atoms with Crippen molar-refractivity contribution in [3.05, 3.63) is 82.2 Å². The fourth-order valence-electron chi connectivity index (χ4n) is 3.29. The van der Waals surface area contributed by atoms with Crippen molar-refractivity contribution in [2.75, 3.05) is 0 Å². The summed E-state index contributed by atoms with van der Waals surface area (Å²) in [4.78, 5) is 0. The Bertz CT molecular complexity index is 1070. The Kier molecular flexibility index (Phi) is 3.52. The van der Waals surface area contributed by atoms with Gasteiger partial charge in [-0.15, -0.1) is 0 Å². The first-order valence-corrected chi connectivity index (χ1v) is 8.05. The second kappa shape index (κ2) is 5.73. The molecule has 0 amide bonds. The van der Waals surface area contributed by atoms with Gasteiger partial charge in [0.2, 0.25) is 5.88 Å². The van der Waals surface area contributed by atoms with Gasteiger partial charge in [-0.3, -0.25) is 0 Å². The first kappa shape index (κ1) is 15.4. The third-order valence-corrected chi connectivity index (χ3v) is 4.65. The molecule has 4 rings (SSSR count). The van der Waals surface area contributed by atoms with Gasteiger partial charge in [0.05, 0.1) is 5.92 Å². The summed E-state index contributed by atoms with van der Waals surface area (Å²) in [6.07, 6.45) is 0. The number of phenolic OH excluding ortho intramolecular Hbond substituents is 1. The third kappa shape index (κ3) is 2.37. The molecule has 0 saturated heterocycles. The maximum atomic E-state index is 10.4. The van der Waals surface area contributed by atoms with E-state index < -0.39 is 5.92 Å². The molecule has 0 fully saturated rings. The van der Waals surface area contributed by atoms with E-state index in [-0.39, 0.29) is 17.4 Å². The van der Waals surface area contributed by atoms with Gasteiger partial charge in [-0.05, 0) is 34.5 Å². The SMILES string of the molecule is N#CC1=C(N)Oc2c(O)cc3ccccc3c2[C@@H]1c1ccc(Cl)cc1. The van der Waals surface area contributed by atoms with Crippen molar-refractivity contribution in [3.8, 4) is 17.6 Å². The van der Waals surface area contributed by atoms with Gasteiger partial charge in [0, 0.05) is 10.6 Å². The molecule has 3 aromatic rings. The molecule has 0 saturated carbocycles. The van der Waals surface area contributed by atoms with Crippen molar-refractivity contribution in [2.24, 2.45) is 5.73 Å². The second-order valence-electron chi connectivity index (χ2n) is 5.84. The molecule has 122 valence electrons. The maximum Gasteiger partial charge on any atom is 0.205 e. The van der Waals surface area contributed by atoms with E-state index >= 15 is 0 Å². The zero-order valence-electron chi connectivity index (χ0n) is 13.0. The van der Waals surface area contributed by atoms with E-state index in [1.165, 1.54) is 0 Å². The first-order valence-electron chi connectivity index (χ1n) is 7.68. The minimum atomic E-state index is -0.442. The average molecular weight is 349 g/mol. The number of hydrogen-bond donors (Lipinski definition) is 2. The Labute approximate surface area is 149 Å². The zero-order chi connectivity index (χ0) is 17.6. The van der Waals surface area contributed by atoms with Gasteiger partial charge in [0.25, 0.3) is 0 Å². The Balaban J connectivity index is 2.09. The Hall–Kier alpha value is -3.16. The van der Waals surface area contributed by atoms with E-state index in [0.717, 1.165) is 21.9 Å². The average Bonchev–Trinajstić information content (AvgIpc) is 2.62. The first-order chi connectivity index (χ1) is 12.1. The summed E-state index contributed by atoms with van der Waals surface area (Å²) in [5.74, 6) is -0.161. The highest BCUT2D eigenvalue weighted by atomic mass is 35.5. The summed E-state index contributed by atoms with van der Waals surface area (Å²) in [6, 6.07) is 18.7. The molecule has 4 nitrogen and oxygen atoms in total. The fourth-order valence-corrected chi connectivity index (χ4v) is 3.42. The minimum Gasteiger partial charge on any atom is -0.504 e. The Morgan fingerprint density at radius 1 is 1.12 bits per heavy atom. The molecule has 1 heterocycles. The summed E-state index contributed by atoms with van der Waals surface area (Å²) < 4.78 is 5.61. The van der Waals surface area contributed by atoms with E-state index in [0.29, 0.717) is 10.6 Å². The smallest absolute Gasteiger partial charge is 0.205 e. The zero-order valence-corrected chi connectivity index (χ0v) is 13.8. The highest BCUT2D eigenvalue weighted by Gasteiger charge is 2.34. The molecule has 1 aliphatic rings. The summed E-state index contributed by atoms with van der Waals surface area (Å²) in [5, 5.41) is 22.5. The van der Waals surface area contributed by atoms with Gasteiger partial charge in [0.15, 0.2) is 11.5 Å². The van der Waals surface area contributed by atoms with Crippen LogP contribution in [0.3, 0.4) is 0 Å². The number of hydrogen-bond acceptors (Lipinski definition) is 4. The summed E-state index contributed by atoms with van der Waals surface area (Å²) in [6.45, 7) is 0. The van der Waals surface area contributed by atoms with E-state index in [9.17, 15) is 10.4 Å². The van der Waals surface area contributed by atoms with E-state index in [2.05, 4.69) is 6.07 Å². The fraction of sp³-hybridized carbons (Fsp3) is 0.0500. The van der Waals surface area contributed by atoms with Crippen LogP contribution >= 0.6 is 11.6 Å². The second-order valence-corrected chi connectivity index (χ2v) is 6.27. The predicted octanol–water partition coefficient (Wildman–Crippen LogP) is 4.42. The van der Waals surface area contributed by atoms with Crippen LogP contribution in [-0.4, -0.2) is 5.11 Å². The number of nitrogens with zero attached hydrogens (tertiary/aromatic N) is 1. The number of nitrogens with two attached hydrogens (primary N) is 1. The van der Waals surface area contributed by atoms with Crippen molar-refractivity contribution >= 4 is 22.4 Å². The molecule has 0 bridgehead atoms. The van der Waals surface area contributed by atoms with Gasteiger partial charge < -0.3 is 15.6 Å². The molecule has 1 atom stereocenters. The van der Waals surface area contributed by atoms with Crippen molar-refractivity contribution in [1.82, 2.24) is 0 Å². The molecular weight excluding hydrogens is 336 g/mol. The topological polar surface area (TPSA) is 79.3 Å². The lowest BCUT2D eigenvalue weighted by atomic mass is 9.81. The molecule has 1 aliphatic heterocycles. The summed E-state index contributed by atoms with van der Waals surface area (Å²) in [7, 11) is 0. The normalized spacial score (nSPS) is 16.2. The number of benzene rings is 3. The van der Waals surface area contributed by atoms with Gasteiger partial charge in [0.1, 0.15) is 11.6 Å². The Morgan fingerprint density at radius 2 is 1.84 bits per heavy atom. The van der Waals surface area contributed by atoms with Crippen molar-refractivity contribution < 1.29 is 9.84 Å². The monoisotopic (exact) mass is 348 g/mol. The molecule has 3 aromatic carbocycles. The van der Waals surface area contributed by atoms with Crippen LogP contribution in [0.5, 0.6) is 11.5 Å². The number of rotatable bonds is 1. The van der Waals surface area contributed by atoms with Crippen LogP contribution < -0.4 is 10.5 Å². The number of nitriles is 1. The molecule has 3 N–H and O–H groups in total. The summed E-state index contributed by atoms with van der Waals surface area (Å²) in [5.41, 5.74) is 7.86. The van der Waals surface area contributed by atoms with Gasteiger partial charge >= 0.3 is 0 Å². The van der Waals surface area contributed by atoms with Crippen LogP contribution in [0.15, 0.2) is 66.1 Å². The Morgan fingerprint density at radius 3 is 2.56 bits per heavy atom. The molecule has 0 aliphatic carbocycles. The van der Waals surface area contributed by atoms with Gasteiger partial charge in [-0.1, -0.05) is 48.0 Å². The number of ether oxygens (including phenoxy) is 1. The molecular formula is C20H13ClN2O2. The lowest BCUT2D eigenvalue weighted by molar-refractivity contribution is 0.360.